The first kappa shape index (κ1) is 17.1. The summed E-state index contributed by atoms with van der Waals surface area (Å²) in [6.07, 6.45) is 1.35. The summed E-state index contributed by atoms with van der Waals surface area (Å²) >= 11 is 11.7. The van der Waals surface area contributed by atoms with Gasteiger partial charge in [-0.15, -0.1) is 0 Å². The number of amides is 1. The van der Waals surface area contributed by atoms with Crippen molar-refractivity contribution in [2.24, 2.45) is 5.73 Å². The Bertz CT molecular complexity index is 791. The summed E-state index contributed by atoms with van der Waals surface area (Å²) in [5, 5.41) is 26.9. The number of benzene rings is 2. The topological polar surface area (TPSA) is 107 Å². The summed E-state index contributed by atoms with van der Waals surface area (Å²) in [4.78, 5) is 10.5. The van der Waals surface area contributed by atoms with Gasteiger partial charge in [-0.2, -0.15) is 0 Å². The second-order valence-electron chi connectivity index (χ2n) is 4.90. The van der Waals surface area contributed by atoms with Crippen LogP contribution in [0.4, 0.5) is 0 Å². The normalized spacial score (nSPS) is 12.3. The van der Waals surface area contributed by atoms with Gasteiger partial charge in [0.2, 0.25) is 0 Å². The fourth-order valence-electron chi connectivity index (χ4n) is 2.27. The van der Waals surface area contributed by atoms with Gasteiger partial charge in [-0.25, -0.2) is 0 Å². The molecule has 1 aliphatic rings. The molecule has 0 heterocycles. The molecule has 0 bridgehead atoms. The number of fused-ring (bicyclic) bond motifs is 1. The van der Waals surface area contributed by atoms with Gasteiger partial charge in [-0.3, -0.25) is 4.79 Å². The van der Waals surface area contributed by atoms with Crippen molar-refractivity contribution in [1.82, 2.24) is 0 Å². The highest BCUT2D eigenvalue weighted by atomic mass is 35.5. The summed E-state index contributed by atoms with van der Waals surface area (Å²) in [6, 6.07) is 7.68. The Labute approximate surface area is 142 Å². The lowest BCUT2D eigenvalue weighted by Crippen LogP contribution is -2.10. The smallest absolute Gasteiger partial charge is 0.252 e. The monoisotopic (exact) mass is 352 g/mol. The van der Waals surface area contributed by atoms with Crippen molar-refractivity contribution in [2.45, 2.75) is 12.8 Å². The summed E-state index contributed by atoms with van der Waals surface area (Å²) < 4.78 is 0. The Kier molecular flexibility index (Phi) is 5.13. The van der Waals surface area contributed by atoms with Gasteiger partial charge in [0.1, 0.15) is 11.5 Å². The number of para-hydroxylation sites is 1. The van der Waals surface area contributed by atoms with Crippen LogP contribution in [0, 0.1) is 5.41 Å². The van der Waals surface area contributed by atoms with Crippen molar-refractivity contribution in [3.63, 3.8) is 0 Å². The Morgan fingerprint density at radius 2 is 1.78 bits per heavy atom. The van der Waals surface area contributed by atoms with Crippen LogP contribution in [-0.2, 0) is 6.42 Å². The average Bonchev–Trinajstić information content (AvgIpc) is 2.88. The second kappa shape index (κ2) is 6.89. The molecule has 1 aliphatic carbocycles. The van der Waals surface area contributed by atoms with E-state index in [-0.39, 0.29) is 22.1 Å². The molecule has 0 aliphatic heterocycles. The Balaban J connectivity index is 0.000000174. The van der Waals surface area contributed by atoms with E-state index in [1.54, 1.807) is 12.1 Å². The number of aromatic hydroxyl groups is 2. The number of nitrogens with two attached hydrogens (primary N) is 1. The van der Waals surface area contributed by atoms with Crippen LogP contribution >= 0.6 is 23.2 Å². The Hall–Kier alpha value is -2.24. The molecule has 3 rings (SSSR count). The van der Waals surface area contributed by atoms with E-state index < -0.39 is 5.91 Å². The number of halogens is 2. The molecule has 0 saturated heterocycles. The molecule has 0 radical (unpaired) electrons. The maximum absolute atomic E-state index is 10.5. The fraction of sp³-hybridized carbons (Fsp3) is 0.125. The maximum Gasteiger partial charge on any atom is 0.252 e. The average molecular weight is 353 g/mol. The molecule has 5 nitrogen and oxygen atoms in total. The van der Waals surface area contributed by atoms with E-state index in [0.29, 0.717) is 22.7 Å². The predicted molar refractivity (Wildman–Crippen MR) is 89.9 cm³/mol. The molecule has 2 aromatic rings. The molecule has 23 heavy (non-hydrogen) atoms. The zero-order valence-corrected chi connectivity index (χ0v) is 13.4. The number of hydrogen-bond acceptors (Lipinski definition) is 4. The quantitative estimate of drug-likeness (QED) is 0.630. The van der Waals surface area contributed by atoms with Crippen molar-refractivity contribution in [3.05, 3.63) is 57.1 Å². The second-order valence-corrected chi connectivity index (χ2v) is 5.72. The van der Waals surface area contributed by atoms with Crippen LogP contribution in [0.1, 0.15) is 27.9 Å². The molecule has 5 N–H and O–H groups in total. The highest BCUT2D eigenvalue weighted by Crippen LogP contribution is 2.39. The van der Waals surface area contributed by atoms with Gasteiger partial charge in [-0.1, -0.05) is 35.3 Å². The molecule has 7 heteroatoms. The zero-order valence-electron chi connectivity index (χ0n) is 11.9. The first-order valence-electron chi connectivity index (χ1n) is 6.68. The van der Waals surface area contributed by atoms with E-state index >= 15 is 0 Å². The van der Waals surface area contributed by atoms with Crippen LogP contribution in [-0.4, -0.2) is 21.8 Å². The summed E-state index contributed by atoms with van der Waals surface area (Å²) in [5.41, 5.74) is 6.85. The molecular weight excluding hydrogens is 339 g/mol. The molecular formula is C16H14Cl2N2O3. The largest absolute Gasteiger partial charge is 0.507 e. The third-order valence-corrected chi connectivity index (χ3v) is 4.03. The number of phenolic OH excluding ortho intramolecular Hbond substituents is 1. The van der Waals surface area contributed by atoms with Crippen molar-refractivity contribution < 1.29 is 15.0 Å². The minimum atomic E-state index is -0.613. The first-order chi connectivity index (χ1) is 10.8. The molecule has 2 aromatic carbocycles. The van der Waals surface area contributed by atoms with Crippen molar-refractivity contribution in [2.75, 3.05) is 0 Å². The number of rotatable bonds is 1. The van der Waals surface area contributed by atoms with E-state index in [1.165, 1.54) is 18.2 Å². The van der Waals surface area contributed by atoms with Crippen molar-refractivity contribution >= 4 is 34.8 Å². The molecule has 0 unspecified atom stereocenters. The van der Waals surface area contributed by atoms with Crippen LogP contribution in [0.25, 0.3) is 0 Å². The van der Waals surface area contributed by atoms with Gasteiger partial charge in [0.15, 0.2) is 0 Å². The van der Waals surface area contributed by atoms with E-state index in [4.69, 9.17) is 39.5 Å². The van der Waals surface area contributed by atoms with Crippen molar-refractivity contribution in [3.8, 4) is 11.5 Å². The minimum Gasteiger partial charge on any atom is -0.507 e. The van der Waals surface area contributed by atoms with E-state index in [2.05, 4.69) is 0 Å². The molecule has 0 aromatic heterocycles. The van der Waals surface area contributed by atoms with Gasteiger partial charge in [0, 0.05) is 16.3 Å². The van der Waals surface area contributed by atoms with Crippen molar-refractivity contribution in [1.29, 1.82) is 5.41 Å². The third-order valence-electron chi connectivity index (χ3n) is 3.40. The summed E-state index contributed by atoms with van der Waals surface area (Å²) in [6.45, 7) is 0. The lowest BCUT2D eigenvalue weighted by Gasteiger charge is -2.06. The van der Waals surface area contributed by atoms with Crippen LogP contribution in [0.5, 0.6) is 11.5 Å². The molecule has 1 amide bonds. The van der Waals surface area contributed by atoms with E-state index in [9.17, 15) is 9.90 Å². The van der Waals surface area contributed by atoms with Crippen LogP contribution in [0.3, 0.4) is 0 Å². The number of phenols is 2. The zero-order chi connectivity index (χ0) is 17.1. The lowest BCUT2D eigenvalue weighted by atomic mass is 10.1. The molecule has 0 saturated carbocycles. The highest BCUT2D eigenvalue weighted by Gasteiger charge is 2.24. The third kappa shape index (κ3) is 3.57. The molecule has 0 spiro atoms. The number of carbonyl (C=O) groups excluding carboxylic acids is 1. The number of primary amides is 1. The van der Waals surface area contributed by atoms with Crippen LogP contribution in [0.15, 0.2) is 30.3 Å². The van der Waals surface area contributed by atoms with Gasteiger partial charge >= 0.3 is 0 Å². The maximum atomic E-state index is 10.5. The minimum absolute atomic E-state index is 0.0106. The van der Waals surface area contributed by atoms with E-state index in [0.717, 1.165) is 12.0 Å². The first-order valence-corrected chi connectivity index (χ1v) is 7.44. The fourth-order valence-corrected chi connectivity index (χ4v) is 2.83. The van der Waals surface area contributed by atoms with Crippen LogP contribution < -0.4 is 5.73 Å². The Morgan fingerprint density at radius 1 is 1.13 bits per heavy atom. The highest BCUT2D eigenvalue weighted by molar-refractivity contribution is 6.37. The molecule has 0 fully saturated rings. The number of carbonyl (C=O) groups is 1. The van der Waals surface area contributed by atoms with Crippen LogP contribution in [0.2, 0.25) is 10.0 Å². The standard InChI is InChI=1S/C9H7Cl2NO.C7H7NO2/c10-5-3-6(11)9(13)8-4(5)1-2-7(8)12;8-7(10)5-3-1-2-4-6(5)9/h3,12-13H,1-2H2;1-4,9H,(H2,8,10). The van der Waals surface area contributed by atoms with Gasteiger partial charge in [0.25, 0.3) is 5.91 Å². The number of nitrogens with one attached hydrogen (secondary N) is 1. The van der Waals surface area contributed by atoms with E-state index in [1.807, 2.05) is 0 Å². The van der Waals surface area contributed by atoms with Gasteiger partial charge in [0.05, 0.1) is 10.6 Å². The molecule has 120 valence electrons. The van der Waals surface area contributed by atoms with Gasteiger partial charge < -0.3 is 21.4 Å². The van der Waals surface area contributed by atoms with Gasteiger partial charge in [-0.05, 0) is 36.6 Å². The summed E-state index contributed by atoms with van der Waals surface area (Å²) in [7, 11) is 0. The number of hydrogen-bond donors (Lipinski definition) is 4. The SMILES string of the molecule is N=C1CCc2c(Cl)cc(Cl)c(O)c21.NC(=O)c1ccccc1O. The lowest BCUT2D eigenvalue weighted by molar-refractivity contribution is 0.0998. The predicted octanol–water partition coefficient (Wildman–Crippen LogP) is 3.50. The summed E-state index contributed by atoms with van der Waals surface area (Å²) in [5.74, 6) is -0.698. The molecule has 0 atom stereocenters. The Morgan fingerprint density at radius 3 is 2.35 bits per heavy atom.